The molecule has 0 N–H and O–H groups in total. The maximum absolute atomic E-state index is 11.6. The summed E-state index contributed by atoms with van der Waals surface area (Å²) in [7, 11) is 1.45. The largest absolute Gasteiger partial charge is 0.469 e. The molecule has 1 aliphatic heterocycles. The van der Waals surface area contributed by atoms with Crippen LogP contribution in [0.5, 0.6) is 0 Å². The van der Waals surface area contributed by atoms with Crippen molar-refractivity contribution in [2.24, 2.45) is 5.92 Å². The Morgan fingerprint density at radius 2 is 2.28 bits per heavy atom. The fourth-order valence-corrected chi connectivity index (χ4v) is 2.66. The standard InChI is InChI=1S/C14H18ClNO2/c1-10-12(15)6-3-7-13(10)16-8-4-5-11(9-16)14(17)18-2/h3,6-7,11H,4-5,8-9H2,1-2H3. The lowest BCUT2D eigenvalue weighted by Gasteiger charge is -2.34. The first-order valence-electron chi connectivity index (χ1n) is 6.21. The number of carbonyl (C=O) groups excluding carboxylic acids is 1. The zero-order chi connectivity index (χ0) is 13.1. The molecule has 1 unspecified atom stereocenters. The summed E-state index contributed by atoms with van der Waals surface area (Å²) in [5.41, 5.74) is 2.20. The van der Waals surface area contributed by atoms with Crippen LogP contribution < -0.4 is 4.90 Å². The Bertz CT molecular complexity index is 447. The molecule has 98 valence electrons. The Hall–Kier alpha value is -1.22. The van der Waals surface area contributed by atoms with Crippen LogP contribution >= 0.6 is 11.6 Å². The molecule has 0 bridgehead atoms. The van der Waals surface area contributed by atoms with Crippen LogP contribution in [0.25, 0.3) is 0 Å². The van der Waals surface area contributed by atoms with E-state index < -0.39 is 0 Å². The highest BCUT2D eigenvalue weighted by Gasteiger charge is 2.27. The van der Waals surface area contributed by atoms with Crippen LogP contribution in [0.1, 0.15) is 18.4 Å². The predicted octanol–water partition coefficient (Wildman–Crippen LogP) is 3.04. The molecule has 0 saturated carbocycles. The number of benzene rings is 1. The van der Waals surface area contributed by atoms with Crippen LogP contribution in [0.15, 0.2) is 18.2 Å². The zero-order valence-electron chi connectivity index (χ0n) is 10.8. The van der Waals surface area contributed by atoms with Crippen LogP contribution in [-0.4, -0.2) is 26.2 Å². The molecule has 18 heavy (non-hydrogen) atoms. The molecular weight excluding hydrogens is 250 g/mol. The summed E-state index contributed by atoms with van der Waals surface area (Å²) in [6.07, 6.45) is 1.91. The minimum absolute atomic E-state index is 0.0258. The van der Waals surface area contributed by atoms with Gasteiger partial charge in [-0.05, 0) is 37.5 Å². The molecule has 1 aromatic rings. The highest BCUT2D eigenvalue weighted by molar-refractivity contribution is 6.31. The number of carbonyl (C=O) groups is 1. The maximum Gasteiger partial charge on any atom is 0.310 e. The molecule has 0 spiro atoms. The van der Waals surface area contributed by atoms with Gasteiger partial charge in [0.1, 0.15) is 0 Å². The summed E-state index contributed by atoms with van der Waals surface area (Å²) >= 11 is 6.14. The van der Waals surface area contributed by atoms with Crippen LogP contribution in [0.3, 0.4) is 0 Å². The third kappa shape index (κ3) is 2.61. The molecule has 0 amide bonds. The average Bonchev–Trinajstić information content (AvgIpc) is 2.41. The number of anilines is 1. The van der Waals surface area contributed by atoms with E-state index in [4.69, 9.17) is 16.3 Å². The van der Waals surface area contributed by atoms with Gasteiger partial charge in [-0.2, -0.15) is 0 Å². The molecule has 1 fully saturated rings. The average molecular weight is 268 g/mol. The van der Waals surface area contributed by atoms with E-state index in [1.165, 1.54) is 7.11 Å². The Labute approximate surface area is 113 Å². The smallest absolute Gasteiger partial charge is 0.310 e. The highest BCUT2D eigenvalue weighted by atomic mass is 35.5. The van der Waals surface area contributed by atoms with Crippen molar-refractivity contribution in [3.8, 4) is 0 Å². The quantitative estimate of drug-likeness (QED) is 0.772. The lowest BCUT2D eigenvalue weighted by atomic mass is 9.97. The minimum atomic E-state index is -0.112. The molecule has 3 nitrogen and oxygen atoms in total. The Morgan fingerprint density at radius 3 is 3.00 bits per heavy atom. The van der Waals surface area contributed by atoms with E-state index in [0.717, 1.165) is 35.7 Å². The number of piperidine rings is 1. The van der Waals surface area contributed by atoms with Crippen molar-refractivity contribution in [3.05, 3.63) is 28.8 Å². The second-order valence-electron chi connectivity index (χ2n) is 4.69. The van der Waals surface area contributed by atoms with Gasteiger partial charge in [-0.25, -0.2) is 0 Å². The molecular formula is C14H18ClNO2. The van der Waals surface area contributed by atoms with Gasteiger partial charge in [0, 0.05) is 23.8 Å². The summed E-state index contributed by atoms with van der Waals surface area (Å²) in [5.74, 6) is -0.137. The van der Waals surface area contributed by atoms with Crippen molar-refractivity contribution >= 4 is 23.3 Å². The Kier molecular flexibility index (Phi) is 4.12. The molecule has 1 saturated heterocycles. The van der Waals surface area contributed by atoms with E-state index in [9.17, 15) is 4.79 Å². The molecule has 1 aromatic carbocycles. The van der Waals surface area contributed by atoms with E-state index in [1.807, 2.05) is 19.1 Å². The van der Waals surface area contributed by atoms with Crippen molar-refractivity contribution in [2.45, 2.75) is 19.8 Å². The van der Waals surface area contributed by atoms with Crippen molar-refractivity contribution < 1.29 is 9.53 Å². The minimum Gasteiger partial charge on any atom is -0.469 e. The number of nitrogens with zero attached hydrogens (tertiary/aromatic N) is 1. The third-order valence-corrected chi connectivity index (χ3v) is 3.95. The van der Waals surface area contributed by atoms with E-state index in [2.05, 4.69) is 11.0 Å². The van der Waals surface area contributed by atoms with Gasteiger partial charge in [0.05, 0.1) is 13.0 Å². The third-order valence-electron chi connectivity index (χ3n) is 3.54. The van der Waals surface area contributed by atoms with Crippen LogP contribution in [-0.2, 0) is 9.53 Å². The number of rotatable bonds is 2. The lowest BCUT2D eigenvalue weighted by Crippen LogP contribution is -2.39. The van der Waals surface area contributed by atoms with Gasteiger partial charge in [0.2, 0.25) is 0 Å². The van der Waals surface area contributed by atoms with Crippen molar-refractivity contribution in [1.82, 2.24) is 0 Å². The van der Waals surface area contributed by atoms with Gasteiger partial charge in [-0.15, -0.1) is 0 Å². The van der Waals surface area contributed by atoms with Crippen LogP contribution in [0.4, 0.5) is 5.69 Å². The molecule has 0 aromatic heterocycles. The molecule has 1 heterocycles. The molecule has 2 rings (SSSR count). The maximum atomic E-state index is 11.6. The number of methoxy groups -OCH3 is 1. The van der Waals surface area contributed by atoms with Crippen molar-refractivity contribution in [2.75, 3.05) is 25.1 Å². The first kappa shape index (κ1) is 13.2. The summed E-state index contributed by atoms with van der Waals surface area (Å²) in [4.78, 5) is 13.8. The van der Waals surface area contributed by atoms with E-state index in [-0.39, 0.29) is 11.9 Å². The fourth-order valence-electron chi connectivity index (χ4n) is 2.49. The SMILES string of the molecule is COC(=O)C1CCCN(c2cccc(Cl)c2C)C1. The molecule has 0 radical (unpaired) electrons. The number of halogens is 1. The summed E-state index contributed by atoms with van der Waals surface area (Å²) in [5, 5.41) is 0.771. The number of ether oxygens (including phenoxy) is 1. The van der Waals surface area contributed by atoms with Crippen LogP contribution in [0, 0.1) is 12.8 Å². The molecule has 1 atom stereocenters. The van der Waals surface area contributed by atoms with E-state index >= 15 is 0 Å². The van der Waals surface area contributed by atoms with Gasteiger partial charge in [0.25, 0.3) is 0 Å². The highest BCUT2D eigenvalue weighted by Crippen LogP contribution is 2.30. The monoisotopic (exact) mass is 267 g/mol. The fraction of sp³-hybridized carbons (Fsp3) is 0.500. The lowest BCUT2D eigenvalue weighted by molar-refractivity contribution is -0.145. The topological polar surface area (TPSA) is 29.5 Å². The number of hydrogen-bond donors (Lipinski definition) is 0. The number of hydrogen-bond acceptors (Lipinski definition) is 3. The normalized spacial score (nSPS) is 19.7. The molecule has 1 aliphatic rings. The molecule has 4 heteroatoms. The summed E-state index contributed by atoms with van der Waals surface area (Å²) in [6.45, 7) is 3.70. The molecule has 0 aliphatic carbocycles. The van der Waals surface area contributed by atoms with Gasteiger partial charge in [-0.3, -0.25) is 4.79 Å². The second kappa shape index (κ2) is 5.61. The second-order valence-corrected chi connectivity index (χ2v) is 5.10. The first-order valence-corrected chi connectivity index (χ1v) is 6.59. The van der Waals surface area contributed by atoms with Gasteiger partial charge >= 0.3 is 5.97 Å². The van der Waals surface area contributed by atoms with Gasteiger partial charge in [0.15, 0.2) is 0 Å². The predicted molar refractivity (Wildman–Crippen MR) is 73.1 cm³/mol. The van der Waals surface area contributed by atoms with E-state index in [1.54, 1.807) is 0 Å². The van der Waals surface area contributed by atoms with E-state index in [0.29, 0.717) is 6.54 Å². The summed E-state index contributed by atoms with van der Waals surface area (Å²) < 4.78 is 4.84. The Balaban J connectivity index is 2.18. The first-order chi connectivity index (χ1) is 8.63. The van der Waals surface area contributed by atoms with Crippen molar-refractivity contribution in [1.29, 1.82) is 0 Å². The zero-order valence-corrected chi connectivity index (χ0v) is 11.5. The van der Waals surface area contributed by atoms with Crippen molar-refractivity contribution in [3.63, 3.8) is 0 Å². The summed E-state index contributed by atoms with van der Waals surface area (Å²) in [6, 6.07) is 5.90. The van der Waals surface area contributed by atoms with Gasteiger partial charge in [-0.1, -0.05) is 17.7 Å². The Morgan fingerprint density at radius 1 is 1.50 bits per heavy atom. The van der Waals surface area contributed by atoms with Gasteiger partial charge < -0.3 is 9.64 Å². The van der Waals surface area contributed by atoms with Crippen LogP contribution in [0.2, 0.25) is 5.02 Å². The number of esters is 1.